The summed E-state index contributed by atoms with van der Waals surface area (Å²) in [6.07, 6.45) is 2.58. The number of ether oxygens (including phenoxy) is 3. The number of nitrogens with zero attached hydrogens (tertiary/aromatic N) is 2. The van der Waals surface area contributed by atoms with Gasteiger partial charge in [-0.05, 0) is 38.3 Å². The van der Waals surface area contributed by atoms with Crippen LogP contribution in [0, 0.1) is 0 Å². The van der Waals surface area contributed by atoms with Gasteiger partial charge in [0.15, 0.2) is 11.5 Å². The van der Waals surface area contributed by atoms with E-state index in [2.05, 4.69) is 10.3 Å². The topological polar surface area (TPSA) is 89.5 Å². The molecule has 2 heterocycles. The van der Waals surface area contributed by atoms with Crippen LogP contribution < -0.4 is 14.8 Å². The maximum atomic E-state index is 11.9. The number of hydrogen-bond acceptors (Lipinski definition) is 7. The minimum atomic E-state index is -0.261. The second-order valence-corrected chi connectivity index (χ2v) is 6.57. The van der Waals surface area contributed by atoms with Crippen LogP contribution >= 0.6 is 0 Å². The van der Waals surface area contributed by atoms with E-state index >= 15 is 0 Å². The zero-order valence-corrected chi connectivity index (χ0v) is 15.9. The molecule has 1 unspecified atom stereocenters. The molecule has 27 heavy (non-hydrogen) atoms. The van der Waals surface area contributed by atoms with E-state index in [0.29, 0.717) is 37.2 Å². The average molecular weight is 375 g/mol. The van der Waals surface area contributed by atoms with Gasteiger partial charge in [-0.2, -0.15) is 0 Å². The highest BCUT2D eigenvalue weighted by molar-refractivity contribution is 6.07. The molecule has 1 atom stereocenters. The van der Waals surface area contributed by atoms with Crippen molar-refractivity contribution in [1.82, 2.24) is 10.2 Å². The predicted molar refractivity (Wildman–Crippen MR) is 99.2 cm³/mol. The van der Waals surface area contributed by atoms with Crippen molar-refractivity contribution in [1.29, 1.82) is 0 Å². The van der Waals surface area contributed by atoms with E-state index in [1.54, 1.807) is 7.11 Å². The Morgan fingerprint density at radius 3 is 2.81 bits per heavy atom. The summed E-state index contributed by atoms with van der Waals surface area (Å²) < 4.78 is 16.4. The Morgan fingerprint density at radius 1 is 1.30 bits per heavy atom. The van der Waals surface area contributed by atoms with Gasteiger partial charge in [0.05, 0.1) is 32.6 Å². The fourth-order valence-electron chi connectivity index (χ4n) is 3.17. The summed E-state index contributed by atoms with van der Waals surface area (Å²) in [5.41, 5.74) is 1.69. The molecule has 0 radical (unpaired) electrons. The second-order valence-electron chi connectivity index (χ2n) is 6.57. The Bertz CT molecular complexity index is 762. The minimum Gasteiger partial charge on any atom is -0.492 e. The molecule has 8 heteroatoms. The first kappa shape index (κ1) is 19.0. The molecular weight excluding hydrogens is 350 g/mol. The van der Waals surface area contributed by atoms with Crippen LogP contribution in [-0.4, -0.2) is 49.1 Å². The highest BCUT2D eigenvalue weighted by Gasteiger charge is 2.37. The lowest BCUT2D eigenvalue weighted by Gasteiger charge is -2.28. The van der Waals surface area contributed by atoms with Crippen molar-refractivity contribution in [2.75, 3.05) is 20.3 Å². The molecule has 2 aliphatic heterocycles. The number of unbranched alkanes of at least 4 members (excludes halogenated alkanes) is 2. The number of fused-ring (bicyclic) bond motifs is 2. The molecule has 2 aliphatic rings. The van der Waals surface area contributed by atoms with Crippen molar-refractivity contribution in [3.63, 3.8) is 0 Å². The first-order chi connectivity index (χ1) is 13.0. The van der Waals surface area contributed by atoms with Gasteiger partial charge in [-0.15, -0.1) is 0 Å². The number of hydrogen-bond donors (Lipinski definition) is 1. The van der Waals surface area contributed by atoms with E-state index < -0.39 is 0 Å². The summed E-state index contributed by atoms with van der Waals surface area (Å²) in [6, 6.07) is 3.47. The van der Waals surface area contributed by atoms with E-state index in [4.69, 9.17) is 14.2 Å². The van der Waals surface area contributed by atoms with Gasteiger partial charge in [-0.3, -0.25) is 14.9 Å². The van der Waals surface area contributed by atoms with E-state index in [1.165, 1.54) is 6.92 Å². The normalized spacial score (nSPS) is 17.6. The molecule has 1 fully saturated rings. The zero-order chi connectivity index (χ0) is 19.4. The quantitative estimate of drug-likeness (QED) is 0.553. The fraction of sp³-hybridized carbons (Fsp3) is 0.526. The van der Waals surface area contributed by atoms with Crippen molar-refractivity contribution in [2.45, 2.75) is 45.7 Å². The molecule has 1 aromatic carbocycles. The third-order valence-corrected chi connectivity index (χ3v) is 4.66. The lowest BCUT2D eigenvalue weighted by atomic mass is 10.1. The summed E-state index contributed by atoms with van der Waals surface area (Å²) in [5, 5.41) is 2.80. The molecule has 8 nitrogen and oxygen atoms in total. The lowest BCUT2D eigenvalue weighted by Crippen LogP contribution is -2.35. The molecule has 0 bridgehead atoms. The third-order valence-electron chi connectivity index (χ3n) is 4.66. The molecule has 1 N–H and O–H groups in total. The number of carbonyl (C=O) groups excluding carboxylic acids is 2. The second kappa shape index (κ2) is 8.28. The minimum absolute atomic E-state index is 0.0502. The number of nitrogens with one attached hydrogen (secondary N) is 1. The van der Waals surface area contributed by atoms with Crippen LogP contribution in [0.3, 0.4) is 0 Å². The summed E-state index contributed by atoms with van der Waals surface area (Å²) in [4.78, 5) is 29.1. The van der Waals surface area contributed by atoms with E-state index in [9.17, 15) is 9.59 Å². The third kappa shape index (κ3) is 4.15. The predicted octanol–water partition coefficient (Wildman–Crippen LogP) is 2.13. The van der Waals surface area contributed by atoms with Gasteiger partial charge in [0, 0.05) is 12.5 Å². The molecule has 146 valence electrons. The monoisotopic (exact) mass is 375 g/mol. The van der Waals surface area contributed by atoms with Gasteiger partial charge < -0.3 is 19.1 Å². The largest absolute Gasteiger partial charge is 0.492 e. The smallest absolute Gasteiger partial charge is 0.302 e. The number of benzene rings is 1. The lowest BCUT2D eigenvalue weighted by molar-refractivity contribution is -0.141. The first-order valence-electron chi connectivity index (χ1n) is 9.13. The van der Waals surface area contributed by atoms with Crippen molar-refractivity contribution >= 4 is 23.5 Å². The number of guanidine groups is 1. The van der Waals surface area contributed by atoms with Gasteiger partial charge in [-0.25, -0.2) is 4.99 Å². The van der Waals surface area contributed by atoms with Crippen LogP contribution in [0.25, 0.3) is 0 Å². The molecule has 0 spiro atoms. The number of esters is 1. The Kier molecular flexibility index (Phi) is 5.83. The fourth-order valence-corrected chi connectivity index (χ4v) is 3.17. The van der Waals surface area contributed by atoms with E-state index in [-0.39, 0.29) is 17.9 Å². The van der Waals surface area contributed by atoms with Crippen molar-refractivity contribution in [2.24, 2.45) is 4.99 Å². The first-order valence-corrected chi connectivity index (χ1v) is 9.13. The van der Waals surface area contributed by atoms with E-state index in [1.807, 2.05) is 24.0 Å². The Labute approximate surface area is 158 Å². The SMILES string of the molecule is COc1c(OCCCCCOC(C)=O)ccc2c1CN1C(=N2)NC(=O)C1C. The van der Waals surface area contributed by atoms with Crippen molar-refractivity contribution in [3.8, 4) is 11.5 Å². The van der Waals surface area contributed by atoms with Gasteiger partial charge in [0.2, 0.25) is 11.9 Å². The van der Waals surface area contributed by atoms with Crippen LogP contribution in [-0.2, 0) is 20.9 Å². The Hall–Kier alpha value is -2.77. The number of methoxy groups -OCH3 is 1. The van der Waals surface area contributed by atoms with Crippen LogP contribution in [0.5, 0.6) is 11.5 Å². The van der Waals surface area contributed by atoms with Crippen LogP contribution in [0.1, 0.15) is 38.7 Å². The molecule has 1 amide bonds. The Balaban J connectivity index is 1.61. The molecule has 0 aliphatic carbocycles. The maximum absolute atomic E-state index is 11.9. The molecule has 0 aromatic heterocycles. The van der Waals surface area contributed by atoms with Crippen molar-refractivity contribution in [3.05, 3.63) is 17.7 Å². The molecule has 1 saturated heterocycles. The van der Waals surface area contributed by atoms with Gasteiger partial charge in [0.1, 0.15) is 6.04 Å². The number of rotatable bonds is 8. The number of carbonyl (C=O) groups is 2. The summed E-state index contributed by atoms with van der Waals surface area (Å²) in [7, 11) is 1.61. The number of aliphatic imine (C=N–C) groups is 1. The average Bonchev–Trinajstić information content (AvgIpc) is 2.92. The Morgan fingerprint density at radius 2 is 2.07 bits per heavy atom. The summed E-state index contributed by atoms with van der Waals surface area (Å²) >= 11 is 0. The maximum Gasteiger partial charge on any atom is 0.302 e. The van der Waals surface area contributed by atoms with Crippen LogP contribution in [0.4, 0.5) is 5.69 Å². The standard InChI is InChI=1S/C19H25N3O5/c1-12-18(24)21-19-20-15-7-8-16(17(25-3)14(15)11-22(12)19)27-10-6-4-5-9-26-13(2)23/h7-8,12H,4-6,9-11H2,1-3H3,(H,20,21,24). The molecule has 1 aromatic rings. The van der Waals surface area contributed by atoms with Crippen molar-refractivity contribution < 1.29 is 23.8 Å². The van der Waals surface area contributed by atoms with Gasteiger partial charge in [-0.1, -0.05) is 0 Å². The highest BCUT2D eigenvalue weighted by atomic mass is 16.5. The molecule has 0 saturated carbocycles. The van der Waals surface area contributed by atoms with Gasteiger partial charge in [0.25, 0.3) is 0 Å². The number of amides is 1. The van der Waals surface area contributed by atoms with Gasteiger partial charge >= 0.3 is 5.97 Å². The molecular formula is C19H25N3O5. The summed E-state index contributed by atoms with van der Waals surface area (Å²) in [5.74, 6) is 1.61. The van der Waals surface area contributed by atoms with Crippen LogP contribution in [0.15, 0.2) is 17.1 Å². The highest BCUT2D eigenvalue weighted by Crippen LogP contribution is 2.41. The zero-order valence-electron chi connectivity index (χ0n) is 15.9. The summed E-state index contributed by atoms with van der Waals surface area (Å²) in [6.45, 7) is 4.79. The van der Waals surface area contributed by atoms with E-state index in [0.717, 1.165) is 30.5 Å². The molecule has 3 rings (SSSR count). The van der Waals surface area contributed by atoms with Crippen LogP contribution in [0.2, 0.25) is 0 Å².